The molecule has 6 heteroatoms. The van der Waals surface area contributed by atoms with Gasteiger partial charge in [-0.25, -0.2) is 4.39 Å². The largest absolute Gasteiger partial charge is 0.481 e. The summed E-state index contributed by atoms with van der Waals surface area (Å²) >= 11 is 0. The van der Waals surface area contributed by atoms with E-state index in [9.17, 15) is 14.0 Å². The fourth-order valence-electron chi connectivity index (χ4n) is 2.38. The number of nitrogens with one attached hydrogen (secondary N) is 1. The molecule has 0 saturated carbocycles. The lowest BCUT2D eigenvalue weighted by molar-refractivity contribution is -0.137. The Morgan fingerprint density at radius 2 is 2.10 bits per heavy atom. The minimum absolute atomic E-state index is 0.184. The molecule has 1 aromatic carbocycles. The summed E-state index contributed by atoms with van der Waals surface area (Å²) < 4.78 is 18.1. The van der Waals surface area contributed by atoms with Crippen molar-refractivity contribution < 1.29 is 23.8 Å². The van der Waals surface area contributed by atoms with E-state index in [1.54, 1.807) is 0 Å². The van der Waals surface area contributed by atoms with E-state index in [1.807, 2.05) is 0 Å². The van der Waals surface area contributed by atoms with Crippen LogP contribution in [0, 0.1) is 11.7 Å². The number of aliphatic carboxylic acids is 1. The van der Waals surface area contributed by atoms with Gasteiger partial charge in [-0.05, 0) is 30.0 Å². The molecule has 2 N–H and O–H groups in total. The number of carbonyl (C=O) groups excluding carboxylic acids is 1. The molecule has 0 radical (unpaired) electrons. The molecule has 1 amide bonds. The number of halogens is 1. The zero-order chi connectivity index (χ0) is 15.2. The fourth-order valence-corrected chi connectivity index (χ4v) is 2.38. The zero-order valence-corrected chi connectivity index (χ0v) is 11.5. The van der Waals surface area contributed by atoms with Crippen LogP contribution in [-0.4, -0.2) is 30.2 Å². The monoisotopic (exact) mass is 295 g/mol. The van der Waals surface area contributed by atoms with E-state index in [-0.39, 0.29) is 18.2 Å². The van der Waals surface area contributed by atoms with Crippen LogP contribution in [0.1, 0.15) is 30.9 Å². The number of ether oxygens (including phenoxy) is 1. The Hall–Kier alpha value is -1.95. The highest BCUT2D eigenvalue weighted by Gasteiger charge is 2.22. The molecule has 0 aliphatic carbocycles. The van der Waals surface area contributed by atoms with Gasteiger partial charge in [0.2, 0.25) is 5.91 Å². The van der Waals surface area contributed by atoms with E-state index < -0.39 is 17.8 Å². The lowest BCUT2D eigenvalue weighted by atomic mass is 10.0. The van der Waals surface area contributed by atoms with E-state index in [0.717, 1.165) is 6.42 Å². The molecule has 0 aromatic heterocycles. The van der Waals surface area contributed by atoms with Gasteiger partial charge in [0, 0.05) is 19.6 Å². The molecule has 21 heavy (non-hydrogen) atoms. The van der Waals surface area contributed by atoms with Gasteiger partial charge in [0.25, 0.3) is 0 Å². The first kappa shape index (κ1) is 15.4. The molecule has 1 aliphatic heterocycles. The maximum atomic E-state index is 12.9. The summed E-state index contributed by atoms with van der Waals surface area (Å²) in [6, 6.07) is 4.82. The molecule has 5 nitrogen and oxygen atoms in total. The predicted octanol–water partition coefficient (Wildman–Crippen LogP) is 1.88. The van der Waals surface area contributed by atoms with Crippen LogP contribution in [0.2, 0.25) is 0 Å². The first-order valence-electron chi connectivity index (χ1n) is 6.89. The minimum Gasteiger partial charge on any atom is -0.481 e. The van der Waals surface area contributed by atoms with Crippen molar-refractivity contribution in [3.05, 3.63) is 35.6 Å². The second kappa shape index (κ2) is 7.17. The Morgan fingerprint density at radius 1 is 1.38 bits per heavy atom. The molecule has 2 rings (SSSR count). The van der Waals surface area contributed by atoms with E-state index in [4.69, 9.17) is 9.84 Å². The third-order valence-electron chi connectivity index (χ3n) is 3.48. The van der Waals surface area contributed by atoms with Crippen molar-refractivity contribution in [2.24, 2.45) is 5.92 Å². The average Bonchev–Trinajstić information content (AvgIpc) is 2.91. The number of carbonyl (C=O) groups is 2. The number of hydrogen-bond donors (Lipinski definition) is 2. The normalized spacial score (nSPS) is 19.2. The van der Waals surface area contributed by atoms with Crippen LogP contribution < -0.4 is 5.32 Å². The van der Waals surface area contributed by atoms with Gasteiger partial charge in [-0.15, -0.1) is 0 Å². The van der Waals surface area contributed by atoms with Crippen molar-refractivity contribution >= 4 is 11.9 Å². The molecule has 1 aromatic rings. The van der Waals surface area contributed by atoms with Gasteiger partial charge in [-0.3, -0.25) is 9.59 Å². The molecule has 1 aliphatic rings. The van der Waals surface area contributed by atoms with Gasteiger partial charge in [0.05, 0.1) is 12.5 Å². The van der Waals surface area contributed by atoms with E-state index in [1.165, 1.54) is 24.3 Å². The molecule has 1 fully saturated rings. The van der Waals surface area contributed by atoms with Crippen LogP contribution in [0.15, 0.2) is 24.3 Å². The van der Waals surface area contributed by atoms with E-state index in [2.05, 4.69) is 5.32 Å². The average molecular weight is 295 g/mol. The molecular weight excluding hydrogens is 277 g/mol. The molecule has 114 valence electrons. The van der Waals surface area contributed by atoms with Gasteiger partial charge in [0.1, 0.15) is 5.82 Å². The quantitative estimate of drug-likeness (QED) is 0.840. The van der Waals surface area contributed by atoms with Crippen LogP contribution in [0.25, 0.3) is 0 Å². The maximum Gasteiger partial charge on any atom is 0.305 e. The van der Waals surface area contributed by atoms with Crippen molar-refractivity contribution in [3.63, 3.8) is 0 Å². The summed E-state index contributed by atoms with van der Waals surface area (Å²) in [6.45, 7) is 1.22. The number of hydrogen-bond acceptors (Lipinski definition) is 3. The van der Waals surface area contributed by atoms with Crippen molar-refractivity contribution in [3.8, 4) is 0 Å². The summed E-state index contributed by atoms with van der Waals surface area (Å²) in [6.07, 6.45) is 0.920. The lowest BCUT2D eigenvalue weighted by Crippen LogP contribution is -2.31. The molecule has 1 heterocycles. The Balaban J connectivity index is 1.99. The summed E-state index contributed by atoms with van der Waals surface area (Å²) in [5, 5.41) is 11.7. The standard InChI is InChI=1S/C15H18FNO4/c16-12-3-1-11(2-4-12)13(8-15(19)20)17-14(18)7-10-5-6-21-9-10/h1-4,10,13H,5-9H2,(H,17,18)(H,19,20). The van der Waals surface area contributed by atoms with Crippen LogP contribution in [0.3, 0.4) is 0 Å². The first-order chi connectivity index (χ1) is 10.0. The Morgan fingerprint density at radius 3 is 2.67 bits per heavy atom. The van der Waals surface area contributed by atoms with Gasteiger partial charge in [-0.2, -0.15) is 0 Å². The summed E-state index contributed by atoms with van der Waals surface area (Å²) in [4.78, 5) is 22.9. The van der Waals surface area contributed by atoms with Crippen molar-refractivity contribution in [1.29, 1.82) is 0 Å². The summed E-state index contributed by atoms with van der Waals surface area (Å²) in [7, 11) is 0. The van der Waals surface area contributed by atoms with E-state index >= 15 is 0 Å². The summed E-state index contributed by atoms with van der Waals surface area (Å²) in [5.74, 6) is -1.44. The van der Waals surface area contributed by atoms with Crippen LogP contribution in [0.4, 0.5) is 4.39 Å². The number of benzene rings is 1. The second-order valence-electron chi connectivity index (χ2n) is 5.20. The Bertz CT molecular complexity index is 497. The molecule has 0 bridgehead atoms. The topological polar surface area (TPSA) is 75.6 Å². The zero-order valence-electron chi connectivity index (χ0n) is 11.5. The first-order valence-corrected chi connectivity index (χ1v) is 6.89. The minimum atomic E-state index is -1.02. The van der Waals surface area contributed by atoms with Crippen LogP contribution >= 0.6 is 0 Å². The number of amides is 1. The summed E-state index contributed by atoms with van der Waals surface area (Å²) in [5.41, 5.74) is 0.579. The van der Waals surface area contributed by atoms with Crippen molar-refractivity contribution in [2.75, 3.05) is 13.2 Å². The molecule has 2 atom stereocenters. The van der Waals surface area contributed by atoms with Gasteiger partial charge >= 0.3 is 5.97 Å². The number of rotatable bonds is 6. The van der Waals surface area contributed by atoms with Crippen molar-refractivity contribution in [1.82, 2.24) is 5.32 Å². The molecule has 1 saturated heterocycles. The fraction of sp³-hybridized carbons (Fsp3) is 0.467. The molecule has 0 spiro atoms. The molecular formula is C15H18FNO4. The lowest BCUT2D eigenvalue weighted by Gasteiger charge is -2.18. The second-order valence-corrected chi connectivity index (χ2v) is 5.20. The van der Waals surface area contributed by atoms with E-state index in [0.29, 0.717) is 25.2 Å². The Labute approximate surface area is 122 Å². The predicted molar refractivity (Wildman–Crippen MR) is 73.1 cm³/mol. The van der Waals surface area contributed by atoms with Gasteiger partial charge < -0.3 is 15.2 Å². The highest BCUT2D eigenvalue weighted by atomic mass is 19.1. The van der Waals surface area contributed by atoms with Gasteiger partial charge in [-0.1, -0.05) is 12.1 Å². The number of carboxylic acid groups (broad SMARTS) is 1. The highest BCUT2D eigenvalue weighted by Crippen LogP contribution is 2.20. The number of carboxylic acids is 1. The van der Waals surface area contributed by atoms with Crippen LogP contribution in [0.5, 0.6) is 0 Å². The van der Waals surface area contributed by atoms with Crippen LogP contribution in [-0.2, 0) is 14.3 Å². The maximum absolute atomic E-state index is 12.9. The van der Waals surface area contributed by atoms with Crippen molar-refractivity contribution in [2.45, 2.75) is 25.3 Å². The SMILES string of the molecule is O=C(O)CC(NC(=O)CC1CCOC1)c1ccc(F)cc1. The van der Waals surface area contributed by atoms with Gasteiger partial charge in [0.15, 0.2) is 0 Å². The Kier molecular flexibility index (Phi) is 5.27. The third kappa shape index (κ3) is 4.82. The molecule has 2 unspecified atom stereocenters. The highest BCUT2D eigenvalue weighted by molar-refractivity contribution is 5.78. The smallest absolute Gasteiger partial charge is 0.305 e. The third-order valence-corrected chi connectivity index (χ3v) is 3.48.